The molecule has 1 rings (SSSR count). The van der Waals surface area contributed by atoms with Crippen LogP contribution in [0.4, 0.5) is 8.78 Å². The molecule has 0 radical (unpaired) electrons. The SMILES string of the molecule is CCCCOC(=O)C(N)(Cc1cc(F)cc(F)c1)C(=O)O. The molecule has 1 atom stereocenters. The van der Waals surface area contributed by atoms with E-state index in [1.165, 1.54) is 0 Å². The number of halogens is 2. The van der Waals surface area contributed by atoms with Gasteiger partial charge < -0.3 is 15.6 Å². The van der Waals surface area contributed by atoms with E-state index in [-0.39, 0.29) is 12.2 Å². The summed E-state index contributed by atoms with van der Waals surface area (Å²) >= 11 is 0. The third kappa shape index (κ3) is 4.49. The molecule has 7 heteroatoms. The number of hydrogen-bond donors (Lipinski definition) is 2. The van der Waals surface area contributed by atoms with Gasteiger partial charge in [0.25, 0.3) is 0 Å². The number of carboxylic acid groups (broad SMARTS) is 1. The standard InChI is InChI=1S/C14H17F2NO4/c1-2-3-4-21-13(20)14(17,12(18)19)8-9-5-10(15)7-11(16)6-9/h5-7H,2-4,8,17H2,1H3,(H,18,19). The molecule has 0 aliphatic heterocycles. The highest BCUT2D eigenvalue weighted by Crippen LogP contribution is 2.17. The van der Waals surface area contributed by atoms with Crippen molar-refractivity contribution in [3.63, 3.8) is 0 Å². The Balaban J connectivity index is 2.94. The molecule has 0 spiro atoms. The van der Waals surface area contributed by atoms with Crippen molar-refractivity contribution in [1.82, 2.24) is 0 Å². The van der Waals surface area contributed by atoms with Gasteiger partial charge in [0.05, 0.1) is 6.61 Å². The molecule has 1 aromatic rings. The Bertz CT molecular complexity index is 515. The van der Waals surface area contributed by atoms with E-state index in [1.54, 1.807) is 0 Å². The van der Waals surface area contributed by atoms with Crippen LogP contribution in [-0.4, -0.2) is 29.2 Å². The Labute approximate surface area is 120 Å². The van der Waals surface area contributed by atoms with Gasteiger partial charge in [-0.1, -0.05) is 13.3 Å². The third-order valence-electron chi connectivity index (χ3n) is 2.88. The maximum Gasteiger partial charge on any atom is 0.338 e. The van der Waals surface area contributed by atoms with E-state index < -0.39 is 35.5 Å². The van der Waals surface area contributed by atoms with Gasteiger partial charge >= 0.3 is 11.9 Å². The monoisotopic (exact) mass is 301 g/mol. The van der Waals surface area contributed by atoms with Crippen LogP contribution in [0.15, 0.2) is 18.2 Å². The van der Waals surface area contributed by atoms with Crippen LogP contribution in [0.25, 0.3) is 0 Å². The number of nitrogens with two attached hydrogens (primary N) is 1. The highest BCUT2D eigenvalue weighted by Gasteiger charge is 2.44. The molecule has 3 N–H and O–H groups in total. The molecule has 1 aromatic carbocycles. The second-order valence-electron chi connectivity index (χ2n) is 4.72. The minimum atomic E-state index is -2.38. The van der Waals surface area contributed by atoms with Crippen LogP contribution in [0.5, 0.6) is 0 Å². The number of carboxylic acids is 1. The third-order valence-corrected chi connectivity index (χ3v) is 2.88. The molecule has 1 unspecified atom stereocenters. The second kappa shape index (κ2) is 7.12. The average molecular weight is 301 g/mol. The fourth-order valence-corrected chi connectivity index (χ4v) is 1.71. The van der Waals surface area contributed by atoms with Gasteiger partial charge in [-0.2, -0.15) is 0 Å². The maximum absolute atomic E-state index is 13.1. The molecule has 0 saturated carbocycles. The van der Waals surface area contributed by atoms with Crippen LogP contribution in [0.2, 0.25) is 0 Å². The summed E-state index contributed by atoms with van der Waals surface area (Å²) < 4.78 is 31.0. The summed E-state index contributed by atoms with van der Waals surface area (Å²) in [5.74, 6) is -4.50. The molecule has 0 amide bonds. The number of aliphatic carboxylic acids is 1. The van der Waals surface area contributed by atoms with Crippen LogP contribution in [0, 0.1) is 11.6 Å². The van der Waals surface area contributed by atoms with E-state index in [0.717, 1.165) is 18.6 Å². The predicted molar refractivity (Wildman–Crippen MR) is 70.5 cm³/mol. The lowest BCUT2D eigenvalue weighted by atomic mass is 9.92. The predicted octanol–water partition coefficient (Wildman–Crippen LogP) is 1.63. The van der Waals surface area contributed by atoms with Crippen LogP contribution in [0.1, 0.15) is 25.3 Å². The summed E-state index contributed by atoms with van der Waals surface area (Å²) in [6.45, 7) is 1.91. The Kier molecular flexibility index (Phi) is 5.78. The lowest BCUT2D eigenvalue weighted by Crippen LogP contribution is -2.57. The van der Waals surface area contributed by atoms with Crippen molar-refractivity contribution in [2.45, 2.75) is 31.7 Å². The Hall–Kier alpha value is -2.02. The number of rotatable bonds is 7. The Morgan fingerprint density at radius 3 is 2.33 bits per heavy atom. The number of unbranched alkanes of at least 4 members (excludes halogenated alkanes) is 1. The van der Waals surface area contributed by atoms with Crippen LogP contribution in [-0.2, 0) is 20.7 Å². The number of benzene rings is 1. The van der Waals surface area contributed by atoms with Crippen molar-refractivity contribution in [1.29, 1.82) is 0 Å². The molecule has 0 aromatic heterocycles. The summed E-state index contributed by atoms with van der Waals surface area (Å²) in [7, 11) is 0. The number of hydrogen-bond acceptors (Lipinski definition) is 4. The maximum atomic E-state index is 13.1. The summed E-state index contributed by atoms with van der Waals surface area (Å²) in [4.78, 5) is 23.1. The molecule has 21 heavy (non-hydrogen) atoms. The van der Waals surface area contributed by atoms with Crippen molar-refractivity contribution >= 4 is 11.9 Å². The number of ether oxygens (including phenoxy) is 1. The largest absolute Gasteiger partial charge is 0.479 e. The van der Waals surface area contributed by atoms with Crippen molar-refractivity contribution in [3.05, 3.63) is 35.4 Å². The van der Waals surface area contributed by atoms with E-state index in [1.807, 2.05) is 6.92 Å². The normalized spacial score (nSPS) is 13.5. The van der Waals surface area contributed by atoms with E-state index in [4.69, 9.17) is 15.6 Å². The van der Waals surface area contributed by atoms with Gasteiger partial charge in [-0.25, -0.2) is 18.4 Å². The van der Waals surface area contributed by atoms with E-state index in [0.29, 0.717) is 12.5 Å². The minimum absolute atomic E-state index is 0.0372. The first kappa shape index (κ1) is 17.0. The molecule has 0 bridgehead atoms. The molecule has 0 fully saturated rings. The topological polar surface area (TPSA) is 89.6 Å². The van der Waals surface area contributed by atoms with E-state index >= 15 is 0 Å². The first-order valence-corrected chi connectivity index (χ1v) is 6.44. The molecule has 116 valence electrons. The summed E-state index contributed by atoms with van der Waals surface area (Å²) in [5, 5.41) is 9.15. The van der Waals surface area contributed by atoms with E-state index in [2.05, 4.69) is 0 Å². The van der Waals surface area contributed by atoms with Gasteiger partial charge in [0.2, 0.25) is 5.54 Å². The molecule has 0 aliphatic carbocycles. The fourth-order valence-electron chi connectivity index (χ4n) is 1.71. The summed E-state index contributed by atoms with van der Waals surface area (Å²) in [6.07, 6.45) is 0.755. The van der Waals surface area contributed by atoms with Crippen molar-refractivity contribution in [2.24, 2.45) is 5.73 Å². The van der Waals surface area contributed by atoms with Gasteiger partial charge in [-0.05, 0) is 24.1 Å². The molecule has 0 saturated heterocycles. The lowest BCUT2D eigenvalue weighted by molar-refractivity contribution is -0.161. The highest BCUT2D eigenvalue weighted by molar-refractivity contribution is 6.04. The van der Waals surface area contributed by atoms with E-state index in [9.17, 15) is 18.4 Å². The molecule has 0 heterocycles. The molecular formula is C14H17F2NO4. The van der Waals surface area contributed by atoms with Crippen molar-refractivity contribution < 1.29 is 28.2 Å². The van der Waals surface area contributed by atoms with Crippen LogP contribution >= 0.6 is 0 Å². The number of carbonyl (C=O) groups is 2. The highest BCUT2D eigenvalue weighted by atomic mass is 19.1. The Morgan fingerprint density at radius 1 is 1.29 bits per heavy atom. The smallest absolute Gasteiger partial charge is 0.338 e. The number of esters is 1. The fraction of sp³-hybridized carbons (Fsp3) is 0.429. The van der Waals surface area contributed by atoms with Crippen molar-refractivity contribution in [2.75, 3.05) is 6.61 Å². The number of carbonyl (C=O) groups excluding carboxylic acids is 1. The summed E-state index contributed by atoms with van der Waals surface area (Å²) in [5.41, 5.74) is 3.16. The van der Waals surface area contributed by atoms with Gasteiger partial charge in [-0.15, -0.1) is 0 Å². The molecular weight excluding hydrogens is 284 g/mol. The van der Waals surface area contributed by atoms with Gasteiger partial charge in [0.15, 0.2) is 0 Å². The quantitative estimate of drug-likeness (QED) is 0.454. The minimum Gasteiger partial charge on any atom is -0.479 e. The summed E-state index contributed by atoms with van der Waals surface area (Å²) in [6, 6.07) is 2.49. The van der Waals surface area contributed by atoms with Gasteiger partial charge in [0, 0.05) is 12.5 Å². The zero-order valence-corrected chi connectivity index (χ0v) is 11.6. The molecule has 0 aliphatic rings. The van der Waals surface area contributed by atoms with Crippen LogP contribution < -0.4 is 5.73 Å². The first-order chi connectivity index (χ1) is 9.79. The lowest BCUT2D eigenvalue weighted by Gasteiger charge is -2.22. The second-order valence-corrected chi connectivity index (χ2v) is 4.72. The van der Waals surface area contributed by atoms with Crippen LogP contribution in [0.3, 0.4) is 0 Å². The first-order valence-electron chi connectivity index (χ1n) is 6.44. The van der Waals surface area contributed by atoms with Gasteiger partial charge in [-0.3, -0.25) is 0 Å². The average Bonchev–Trinajstić information content (AvgIpc) is 2.37. The zero-order valence-electron chi connectivity index (χ0n) is 11.6. The molecule has 5 nitrogen and oxygen atoms in total. The zero-order chi connectivity index (χ0) is 16.0. The van der Waals surface area contributed by atoms with Crippen molar-refractivity contribution in [3.8, 4) is 0 Å². The Morgan fingerprint density at radius 2 is 1.86 bits per heavy atom. The van der Waals surface area contributed by atoms with Gasteiger partial charge in [0.1, 0.15) is 11.6 Å².